The van der Waals surface area contributed by atoms with Crippen LogP contribution in [0.4, 0.5) is 0 Å². The number of hydrogen-bond donors (Lipinski definition) is 1. The minimum Gasteiger partial charge on any atom is -0.332 e. The van der Waals surface area contributed by atoms with Crippen LogP contribution in [0.2, 0.25) is 0 Å². The van der Waals surface area contributed by atoms with Crippen molar-refractivity contribution in [3.63, 3.8) is 0 Å². The van der Waals surface area contributed by atoms with E-state index < -0.39 is 10.0 Å². The van der Waals surface area contributed by atoms with Crippen LogP contribution in [-0.4, -0.2) is 36.3 Å². The maximum Gasteiger partial charge on any atom is 0.259 e. The van der Waals surface area contributed by atoms with Crippen molar-refractivity contribution >= 4 is 10.0 Å². The number of benzene rings is 1. The van der Waals surface area contributed by atoms with Gasteiger partial charge in [0, 0.05) is 13.6 Å². The van der Waals surface area contributed by atoms with Crippen LogP contribution in [-0.2, 0) is 16.4 Å². The lowest BCUT2D eigenvalue weighted by Crippen LogP contribution is -2.28. The van der Waals surface area contributed by atoms with E-state index in [4.69, 9.17) is 0 Å². The van der Waals surface area contributed by atoms with Crippen molar-refractivity contribution in [1.29, 1.82) is 0 Å². The molecule has 0 spiro atoms. The average Bonchev–Trinajstić information content (AvgIpc) is 2.87. The summed E-state index contributed by atoms with van der Waals surface area (Å²) in [5.41, 5.74) is 1.22. The summed E-state index contributed by atoms with van der Waals surface area (Å²) >= 11 is 0. The zero-order valence-corrected chi connectivity index (χ0v) is 12.5. The van der Waals surface area contributed by atoms with Crippen molar-refractivity contribution in [2.24, 2.45) is 0 Å². The topological polar surface area (TPSA) is 66.1 Å². The third kappa shape index (κ3) is 3.46. The van der Waals surface area contributed by atoms with Crippen molar-refractivity contribution in [3.05, 3.63) is 47.9 Å². The second-order valence-electron chi connectivity index (χ2n) is 4.75. The van der Waals surface area contributed by atoms with Gasteiger partial charge in [-0.25, -0.2) is 13.4 Å². The molecule has 1 heterocycles. The lowest BCUT2D eigenvalue weighted by atomic mass is 10.1. The molecule has 6 heteroatoms. The summed E-state index contributed by atoms with van der Waals surface area (Å²) in [6.07, 6.45) is 3.01. The Morgan fingerprint density at radius 1 is 1.25 bits per heavy atom. The van der Waals surface area contributed by atoms with E-state index >= 15 is 0 Å². The fourth-order valence-corrected chi connectivity index (χ4v) is 3.14. The first-order valence-corrected chi connectivity index (χ1v) is 7.96. The van der Waals surface area contributed by atoms with Gasteiger partial charge in [0.05, 0.1) is 6.20 Å². The first-order valence-electron chi connectivity index (χ1n) is 6.52. The van der Waals surface area contributed by atoms with Crippen LogP contribution < -0.4 is 0 Å². The molecule has 0 saturated heterocycles. The van der Waals surface area contributed by atoms with Crippen molar-refractivity contribution in [1.82, 2.24) is 14.3 Å². The first kappa shape index (κ1) is 14.7. The fraction of sp³-hybridized carbons (Fsp3) is 0.357. The first-order chi connectivity index (χ1) is 9.50. The number of nitrogens with one attached hydrogen (secondary N) is 1. The van der Waals surface area contributed by atoms with Crippen LogP contribution in [0.5, 0.6) is 0 Å². The Morgan fingerprint density at radius 2 is 1.95 bits per heavy atom. The van der Waals surface area contributed by atoms with Crippen molar-refractivity contribution in [3.8, 4) is 0 Å². The van der Waals surface area contributed by atoms with Gasteiger partial charge in [-0.2, -0.15) is 4.31 Å². The van der Waals surface area contributed by atoms with E-state index in [-0.39, 0.29) is 5.03 Å². The molecule has 0 atom stereocenters. The molecule has 0 bridgehead atoms. The molecule has 1 aromatic heterocycles. The molecule has 0 saturated carbocycles. The largest absolute Gasteiger partial charge is 0.332 e. The third-order valence-corrected chi connectivity index (χ3v) is 4.92. The van der Waals surface area contributed by atoms with Crippen LogP contribution in [0.1, 0.15) is 17.8 Å². The Balaban J connectivity index is 1.93. The molecule has 20 heavy (non-hydrogen) atoms. The Bertz CT molecular complexity index is 650. The highest BCUT2D eigenvalue weighted by Crippen LogP contribution is 2.12. The van der Waals surface area contributed by atoms with Crippen LogP contribution in [0.15, 0.2) is 41.6 Å². The lowest BCUT2D eigenvalue weighted by molar-refractivity contribution is 0.459. The molecule has 1 N–H and O–H groups in total. The Labute approximate surface area is 119 Å². The summed E-state index contributed by atoms with van der Waals surface area (Å²) in [7, 11) is -1.86. The number of imidazole rings is 1. The molecular weight excluding hydrogens is 274 g/mol. The molecule has 5 nitrogen and oxygen atoms in total. The Hall–Kier alpha value is -1.66. The SMILES string of the molecule is Cc1ncc(S(=O)(=O)N(C)CCCc2ccccc2)[nH]1. The molecule has 108 valence electrons. The highest BCUT2D eigenvalue weighted by molar-refractivity contribution is 7.89. The number of sulfonamides is 1. The second-order valence-corrected chi connectivity index (χ2v) is 6.76. The molecule has 0 radical (unpaired) electrons. The number of rotatable bonds is 6. The summed E-state index contributed by atoms with van der Waals surface area (Å²) in [5.74, 6) is 0.598. The summed E-state index contributed by atoms with van der Waals surface area (Å²) in [6, 6.07) is 10.0. The average molecular weight is 293 g/mol. The Kier molecular flexibility index (Phi) is 4.57. The number of aromatic nitrogens is 2. The van der Waals surface area contributed by atoms with E-state index in [9.17, 15) is 8.42 Å². The van der Waals surface area contributed by atoms with Gasteiger partial charge in [-0.3, -0.25) is 0 Å². The van der Waals surface area contributed by atoms with Gasteiger partial charge in [-0.1, -0.05) is 30.3 Å². The number of hydrogen-bond acceptors (Lipinski definition) is 3. The van der Waals surface area contributed by atoms with Gasteiger partial charge in [-0.05, 0) is 25.3 Å². The van der Waals surface area contributed by atoms with Crippen LogP contribution in [0, 0.1) is 6.92 Å². The van der Waals surface area contributed by atoms with E-state index in [1.165, 1.54) is 16.1 Å². The lowest BCUT2D eigenvalue weighted by Gasteiger charge is -2.15. The second kappa shape index (κ2) is 6.19. The summed E-state index contributed by atoms with van der Waals surface area (Å²) < 4.78 is 25.8. The van der Waals surface area contributed by atoms with Gasteiger partial charge < -0.3 is 4.98 Å². The van der Waals surface area contributed by atoms with E-state index in [1.807, 2.05) is 30.3 Å². The van der Waals surface area contributed by atoms with Crippen LogP contribution >= 0.6 is 0 Å². The van der Waals surface area contributed by atoms with E-state index in [1.54, 1.807) is 14.0 Å². The monoisotopic (exact) mass is 293 g/mol. The van der Waals surface area contributed by atoms with E-state index in [2.05, 4.69) is 9.97 Å². The van der Waals surface area contributed by atoms with Crippen molar-refractivity contribution < 1.29 is 8.42 Å². The molecule has 0 unspecified atom stereocenters. The molecule has 2 rings (SSSR count). The third-order valence-electron chi connectivity index (χ3n) is 3.15. The maximum absolute atomic E-state index is 12.2. The van der Waals surface area contributed by atoms with Crippen LogP contribution in [0.3, 0.4) is 0 Å². The fourth-order valence-electron chi connectivity index (χ4n) is 1.97. The summed E-state index contributed by atoms with van der Waals surface area (Å²) in [4.78, 5) is 6.70. The molecule has 1 aromatic carbocycles. The maximum atomic E-state index is 12.2. The summed E-state index contributed by atoms with van der Waals surface area (Å²) in [5, 5.41) is 0.150. The predicted octanol–water partition coefficient (Wildman–Crippen LogP) is 1.97. The molecular formula is C14H19N3O2S. The number of nitrogens with zero attached hydrogens (tertiary/aromatic N) is 2. The number of aromatic amines is 1. The minimum atomic E-state index is -3.46. The standard InChI is InChI=1S/C14H19N3O2S/c1-12-15-11-14(16-12)20(18,19)17(2)10-6-9-13-7-4-3-5-8-13/h3-5,7-8,11H,6,9-10H2,1-2H3,(H,15,16). The molecule has 2 aromatic rings. The van der Waals surface area contributed by atoms with Crippen molar-refractivity contribution in [2.75, 3.05) is 13.6 Å². The quantitative estimate of drug-likeness (QED) is 0.885. The van der Waals surface area contributed by atoms with Crippen LogP contribution in [0.25, 0.3) is 0 Å². The normalized spacial score (nSPS) is 11.9. The molecule has 0 fully saturated rings. The van der Waals surface area contributed by atoms with Crippen molar-refractivity contribution in [2.45, 2.75) is 24.8 Å². The van der Waals surface area contributed by atoms with Gasteiger partial charge in [0.15, 0.2) is 5.03 Å². The molecule has 0 aliphatic carbocycles. The minimum absolute atomic E-state index is 0.150. The smallest absolute Gasteiger partial charge is 0.259 e. The Morgan fingerprint density at radius 3 is 2.55 bits per heavy atom. The molecule has 0 aliphatic rings. The number of aryl methyl sites for hydroxylation is 2. The summed E-state index contributed by atoms with van der Waals surface area (Å²) in [6.45, 7) is 2.21. The van der Waals surface area contributed by atoms with Gasteiger partial charge >= 0.3 is 0 Å². The predicted molar refractivity (Wildman–Crippen MR) is 77.9 cm³/mol. The van der Waals surface area contributed by atoms with Gasteiger partial charge in [0.1, 0.15) is 5.82 Å². The van der Waals surface area contributed by atoms with Gasteiger partial charge in [0.25, 0.3) is 10.0 Å². The van der Waals surface area contributed by atoms with E-state index in [0.717, 1.165) is 12.8 Å². The highest BCUT2D eigenvalue weighted by atomic mass is 32.2. The molecule has 0 aliphatic heterocycles. The highest BCUT2D eigenvalue weighted by Gasteiger charge is 2.22. The van der Waals surface area contributed by atoms with E-state index in [0.29, 0.717) is 12.4 Å². The zero-order chi connectivity index (χ0) is 14.6. The zero-order valence-electron chi connectivity index (χ0n) is 11.7. The van der Waals surface area contributed by atoms with Gasteiger partial charge in [0.2, 0.25) is 0 Å². The van der Waals surface area contributed by atoms with Gasteiger partial charge in [-0.15, -0.1) is 0 Å². The molecule has 0 amide bonds. The number of H-pyrrole nitrogens is 1.